The summed E-state index contributed by atoms with van der Waals surface area (Å²) < 4.78 is 9.69. The highest BCUT2D eigenvalue weighted by molar-refractivity contribution is 5.73. The summed E-state index contributed by atoms with van der Waals surface area (Å²) in [7, 11) is 3.16. The van der Waals surface area contributed by atoms with E-state index in [1.807, 2.05) is 0 Å². The molecule has 0 rings (SSSR count). The number of methoxy groups -OCH3 is 2. The second kappa shape index (κ2) is 7.78. The lowest BCUT2D eigenvalue weighted by molar-refractivity contribution is 0.122. The summed E-state index contributed by atoms with van der Waals surface area (Å²) in [6.45, 7) is 1.97. The van der Waals surface area contributed by atoms with Crippen LogP contribution in [0.2, 0.25) is 0 Å². The van der Waals surface area contributed by atoms with Crippen LogP contribution >= 0.6 is 0 Å². The summed E-state index contributed by atoms with van der Waals surface area (Å²) in [5.74, 6) is 4.99. The lowest BCUT2D eigenvalue weighted by Gasteiger charge is -2.20. The molecule has 0 spiro atoms. The van der Waals surface area contributed by atoms with E-state index in [9.17, 15) is 4.79 Å². The fraction of sp³-hybridized carbons (Fsp3) is 0.857. The Balaban J connectivity index is 3.79. The van der Waals surface area contributed by atoms with Crippen LogP contribution in [0.5, 0.6) is 0 Å². The molecule has 0 aromatic carbocycles. The maximum atomic E-state index is 11.1. The molecule has 0 saturated heterocycles. The highest BCUT2D eigenvalue weighted by Gasteiger charge is 2.10. The first-order valence-electron chi connectivity index (χ1n) is 3.99. The molecule has 0 radical (unpaired) electrons. The van der Waals surface area contributed by atoms with Crippen molar-refractivity contribution in [3.8, 4) is 0 Å². The summed E-state index contributed by atoms with van der Waals surface area (Å²) >= 11 is 0. The van der Waals surface area contributed by atoms with E-state index >= 15 is 0 Å². The normalized spacial score (nSPS) is 9.77. The van der Waals surface area contributed by atoms with Crippen LogP contribution in [0.3, 0.4) is 0 Å². The van der Waals surface area contributed by atoms with Crippen molar-refractivity contribution < 1.29 is 14.3 Å². The Morgan fingerprint density at radius 2 is 1.77 bits per heavy atom. The van der Waals surface area contributed by atoms with Gasteiger partial charge in [-0.25, -0.2) is 10.6 Å². The van der Waals surface area contributed by atoms with Crippen LogP contribution < -0.4 is 11.3 Å². The molecule has 0 fully saturated rings. The molecular formula is C7H17N3O3. The van der Waals surface area contributed by atoms with Gasteiger partial charge in [-0.2, -0.15) is 0 Å². The molecule has 78 valence electrons. The van der Waals surface area contributed by atoms with Crippen molar-refractivity contribution >= 4 is 6.03 Å². The van der Waals surface area contributed by atoms with Gasteiger partial charge in [-0.15, -0.1) is 0 Å². The summed E-state index contributed by atoms with van der Waals surface area (Å²) in [5.41, 5.74) is 2.06. The number of carbonyl (C=O) groups is 1. The van der Waals surface area contributed by atoms with Gasteiger partial charge in [0, 0.05) is 27.3 Å². The lowest BCUT2D eigenvalue weighted by atomic mass is 10.5. The predicted molar refractivity (Wildman–Crippen MR) is 48.0 cm³/mol. The number of hydrogen-bond donors (Lipinski definition) is 2. The molecule has 0 atom stereocenters. The fourth-order valence-electron chi connectivity index (χ4n) is 0.809. The van der Waals surface area contributed by atoms with Crippen molar-refractivity contribution in [3.63, 3.8) is 0 Å². The van der Waals surface area contributed by atoms with Crippen molar-refractivity contribution in [1.29, 1.82) is 0 Å². The minimum Gasteiger partial charge on any atom is -0.383 e. The Morgan fingerprint density at radius 3 is 2.08 bits per heavy atom. The van der Waals surface area contributed by atoms with Crippen LogP contribution in [0, 0.1) is 0 Å². The number of hydrazine groups is 1. The highest BCUT2D eigenvalue weighted by Crippen LogP contribution is 1.89. The van der Waals surface area contributed by atoms with E-state index in [1.54, 1.807) is 14.2 Å². The maximum Gasteiger partial charge on any atom is 0.331 e. The molecule has 3 N–H and O–H groups in total. The van der Waals surface area contributed by atoms with Crippen LogP contribution in [-0.4, -0.2) is 51.5 Å². The van der Waals surface area contributed by atoms with E-state index in [-0.39, 0.29) is 6.03 Å². The fourth-order valence-corrected chi connectivity index (χ4v) is 0.809. The average Bonchev–Trinajstić information content (AvgIpc) is 2.17. The quantitative estimate of drug-likeness (QED) is 0.326. The largest absolute Gasteiger partial charge is 0.383 e. The first-order valence-corrected chi connectivity index (χ1v) is 3.99. The van der Waals surface area contributed by atoms with Crippen LogP contribution in [0.1, 0.15) is 0 Å². The topological polar surface area (TPSA) is 76.8 Å². The van der Waals surface area contributed by atoms with Crippen molar-refractivity contribution in [2.24, 2.45) is 5.84 Å². The van der Waals surface area contributed by atoms with Crippen LogP contribution in [0.4, 0.5) is 4.79 Å². The number of nitrogens with zero attached hydrogens (tertiary/aromatic N) is 1. The zero-order chi connectivity index (χ0) is 10.1. The summed E-state index contributed by atoms with van der Waals surface area (Å²) in [6.07, 6.45) is 0. The van der Waals surface area contributed by atoms with E-state index in [1.165, 1.54) is 4.90 Å². The van der Waals surface area contributed by atoms with Gasteiger partial charge in [0.25, 0.3) is 0 Å². The molecule has 6 heteroatoms. The van der Waals surface area contributed by atoms with Crippen molar-refractivity contribution in [2.75, 3.05) is 40.5 Å². The van der Waals surface area contributed by atoms with Gasteiger partial charge in [-0.3, -0.25) is 5.43 Å². The van der Waals surface area contributed by atoms with Crippen molar-refractivity contribution in [1.82, 2.24) is 10.3 Å². The molecule has 0 unspecified atom stereocenters. The van der Waals surface area contributed by atoms with E-state index in [0.29, 0.717) is 26.3 Å². The van der Waals surface area contributed by atoms with Gasteiger partial charge in [-0.1, -0.05) is 0 Å². The van der Waals surface area contributed by atoms with Gasteiger partial charge in [0.05, 0.1) is 13.2 Å². The standard InChI is InChI=1S/C7H17N3O3/c1-12-5-3-10(4-6-13-2)7(11)9-8/h3-6,8H2,1-2H3,(H,9,11). The number of urea groups is 1. The first-order chi connectivity index (χ1) is 6.26. The van der Waals surface area contributed by atoms with E-state index in [4.69, 9.17) is 15.3 Å². The van der Waals surface area contributed by atoms with Gasteiger partial charge in [0.15, 0.2) is 0 Å². The van der Waals surface area contributed by atoms with E-state index in [0.717, 1.165) is 0 Å². The smallest absolute Gasteiger partial charge is 0.331 e. The minimum atomic E-state index is -0.325. The Morgan fingerprint density at radius 1 is 1.31 bits per heavy atom. The van der Waals surface area contributed by atoms with E-state index in [2.05, 4.69) is 5.43 Å². The molecule has 0 aliphatic carbocycles. The molecular weight excluding hydrogens is 174 g/mol. The predicted octanol–water partition coefficient (Wildman–Crippen LogP) is -0.835. The molecule has 0 aromatic heterocycles. The van der Waals surface area contributed by atoms with E-state index < -0.39 is 0 Å². The third kappa shape index (κ3) is 5.40. The van der Waals surface area contributed by atoms with Gasteiger partial charge in [0.1, 0.15) is 0 Å². The molecule has 0 aliphatic heterocycles. The zero-order valence-corrected chi connectivity index (χ0v) is 8.08. The van der Waals surface area contributed by atoms with Gasteiger partial charge in [0.2, 0.25) is 0 Å². The minimum absolute atomic E-state index is 0.325. The van der Waals surface area contributed by atoms with Gasteiger partial charge >= 0.3 is 6.03 Å². The number of rotatable bonds is 6. The number of amides is 2. The summed E-state index contributed by atoms with van der Waals surface area (Å²) in [6, 6.07) is -0.325. The molecule has 6 nitrogen and oxygen atoms in total. The van der Waals surface area contributed by atoms with Crippen LogP contribution in [0.15, 0.2) is 0 Å². The van der Waals surface area contributed by atoms with Gasteiger partial charge in [-0.05, 0) is 0 Å². The molecule has 0 heterocycles. The first kappa shape index (κ1) is 12.2. The summed E-state index contributed by atoms with van der Waals surface area (Å²) in [5, 5.41) is 0. The number of carbonyl (C=O) groups excluding carboxylic acids is 1. The zero-order valence-electron chi connectivity index (χ0n) is 8.08. The number of nitrogens with two attached hydrogens (primary N) is 1. The molecule has 0 aromatic rings. The Hall–Kier alpha value is -0.850. The second-order valence-electron chi connectivity index (χ2n) is 2.42. The third-order valence-corrected chi connectivity index (χ3v) is 1.54. The van der Waals surface area contributed by atoms with Crippen molar-refractivity contribution in [3.05, 3.63) is 0 Å². The molecule has 0 aliphatic rings. The molecule has 0 saturated carbocycles. The lowest BCUT2D eigenvalue weighted by Crippen LogP contribution is -2.46. The molecule has 0 bridgehead atoms. The highest BCUT2D eigenvalue weighted by atomic mass is 16.5. The Kier molecular flexibility index (Phi) is 7.27. The second-order valence-corrected chi connectivity index (χ2v) is 2.42. The number of nitrogens with one attached hydrogen (secondary N) is 1. The molecule has 13 heavy (non-hydrogen) atoms. The van der Waals surface area contributed by atoms with Crippen molar-refractivity contribution in [2.45, 2.75) is 0 Å². The third-order valence-electron chi connectivity index (χ3n) is 1.54. The Labute approximate surface area is 77.9 Å². The van der Waals surface area contributed by atoms with Crippen LogP contribution in [0.25, 0.3) is 0 Å². The van der Waals surface area contributed by atoms with Crippen LogP contribution in [-0.2, 0) is 9.47 Å². The number of hydrogen-bond acceptors (Lipinski definition) is 4. The van der Waals surface area contributed by atoms with Gasteiger partial charge < -0.3 is 14.4 Å². The SMILES string of the molecule is COCCN(CCOC)C(=O)NN. The average molecular weight is 191 g/mol. The monoisotopic (exact) mass is 191 g/mol. The molecule has 2 amide bonds. The number of ether oxygens (including phenoxy) is 2. The Bertz CT molecular complexity index is 135. The maximum absolute atomic E-state index is 11.1. The summed E-state index contributed by atoms with van der Waals surface area (Å²) in [4.78, 5) is 12.6.